The first kappa shape index (κ1) is 21.4. The van der Waals surface area contributed by atoms with E-state index in [9.17, 15) is 9.90 Å². The van der Waals surface area contributed by atoms with E-state index >= 15 is 0 Å². The first-order chi connectivity index (χ1) is 15.6. The number of para-hydroxylation sites is 2. The molecule has 3 aromatic rings. The van der Waals surface area contributed by atoms with Gasteiger partial charge in [0.15, 0.2) is 17.3 Å². The van der Waals surface area contributed by atoms with Crippen LogP contribution in [0.2, 0.25) is 0 Å². The van der Waals surface area contributed by atoms with Gasteiger partial charge < -0.3 is 24.8 Å². The third-order valence-corrected chi connectivity index (χ3v) is 5.05. The fourth-order valence-corrected chi connectivity index (χ4v) is 3.61. The van der Waals surface area contributed by atoms with Crippen LogP contribution in [0.25, 0.3) is 0 Å². The fourth-order valence-electron chi connectivity index (χ4n) is 3.61. The third-order valence-electron chi connectivity index (χ3n) is 5.05. The number of hydrogen-bond donors (Lipinski definition) is 2. The van der Waals surface area contributed by atoms with Gasteiger partial charge in [0.1, 0.15) is 23.3 Å². The maximum atomic E-state index is 11.4. The average molecular weight is 435 g/mol. The summed E-state index contributed by atoms with van der Waals surface area (Å²) >= 11 is 0. The first-order valence-electron chi connectivity index (χ1n) is 10.5. The molecule has 0 spiro atoms. The topological polar surface area (TPSA) is 110 Å². The number of anilines is 3. The van der Waals surface area contributed by atoms with Crippen LogP contribution in [0.5, 0.6) is 11.5 Å². The van der Waals surface area contributed by atoms with E-state index in [1.165, 1.54) is 12.3 Å². The van der Waals surface area contributed by atoms with Crippen LogP contribution in [0.15, 0.2) is 55.0 Å². The number of carboxylic acids is 1. The normalized spacial score (nSPS) is 15.8. The number of aromatic nitrogens is 3. The van der Waals surface area contributed by atoms with Crippen LogP contribution in [0.3, 0.4) is 0 Å². The van der Waals surface area contributed by atoms with Crippen molar-refractivity contribution in [3.8, 4) is 11.5 Å². The molecule has 0 aliphatic carbocycles. The van der Waals surface area contributed by atoms with Gasteiger partial charge in [-0.15, -0.1) is 0 Å². The second kappa shape index (κ2) is 9.95. The second-order valence-corrected chi connectivity index (χ2v) is 7.30. The number of hydrogen-bond acceptors (Lipinski definition) is 8. The van der Waals surface area contributed by atoms with Crippen molar-refractivity contribution in [2.75, 3.05) is 29.9 Å². The zero-order chi connectivity index (χ0) is 22.3. The number of carbonyl (C=O) groups is 1. The molecule has 0 radical (unpaired) electrons. The van der Waals surface area contributed by atoms with E-state index in [-0.39, 0.29) is 17.5 Å². The zero-order valence-electron chi connectivity index (χ0n) is 17.8. The van der Waals surface area contributed by atoms with Crippen molar-refractivity contribution in [2.45, 2.75) is 25.9 Å². The first-order valence-corrected chi connectivity index (χ1v) is 10.5. The van der Waals surface area contributed by atoms with E-state index in [0.717, 1.165) is 30.9 Å². The number of piperidine rings is 1. The predicted molar refractivity (Wildman–Crippen MR) is 120 cm³/mol. The summed E-state index contributed by atoms with van der Waals surface area (Å²) in [6.45, 7) is 4.01. The molecule has 3 heterocycles. The van der Waals surface area contributed by atoms with Crippen molar-refractivity contribution < 1.29 is 19.4 Å². The quantitative estimate of drug-likeness (QED) is 0.546. The average Bonchev–Trinajstić information content (AvgIpc) is 2.81. The molecule has 1 aromatic carbocycles. The maximum absolute atomic E-state index is 11.4. The van der Waals surface area contributed by atoms with Gasteiger partial charge in [-0.2, -0.15) is 0 Å². The molecule has 2 aromatic heterocycles. The smallest absolute Gasteiger partial charge is 0.339 e. The molecule has 1 saturated heterocycles. The molecular weight excluding hydrogens is 410 g/mol. The lowest BCUT2D eigenvalue weighted by Crippen LogP contribution is -2.41. The highest BCUT2D eigenvalue weighted by atomic mass is 16.5. The monoisotopic (exact) mass is 435 g/mol. The van der Waals surface area contributed by atoms with E-state index in [1.807, 2.05) is 31.2 Å². The number of ether oxygens (including phenoxy) is 2. The standard InChI is InChI=1S/C23H25N5O4/c1-2-31-18-9-3-4-10-19(18)32-16-7-6-12-28(15-16)21-14-24-13-20(26-21)27-22-17(23(29)30)8-5-11-25-22/h3-5,8-11,13-14,16H,2,6-7,12,15H2,1H3,(H,29,30)(H,25,26,27)/t16-/m1/s1. The number of rotatable bonds is 8. The molecule has 2 N–H and O–H groups in total. The van der Waals surface area contributed by atoms with Crippen LogP contribution in [-0.4, -0.2) is 51.8 Å². The summed E-state index contributed by atoms with van der Waals surface area (Å²) in [5.41, 5.74) is 0.0686. The van der Waals surface area contributed by atoms with Gasteiger partial charge in [-0.25, -0.2) is 14.8 Å². The van der Waals surface area contributed by atoms with Gasteiger partial charge in [-0.1, -0.05) is 12.1 Å². The van der Waals surface area contributed by atoms with Crippen molar-refractivity contribution in [3.05, 3.63) is 60.6 Å². The molecule has 9 nitrogen and oxygen atoms in total. The molecule has 4 rings (SSSR count). The number of benzene rings is 1. The van der Waals surface area contributed by atoms with Gasteiger partial charge in [0.2, 0.25) is 0 Å². The van der Waals surface area contributed by atoms with Crippen LogP contribution in [-0.2, 0) is 0 Å². The van der Waals surface area contributed by atoms with Gasteiger partial charge >= 0.3 is 5.97 Å². The van der Waals surface area contributed by atoms with Crippen molar-refractivity contribution in [1.29, 1.82) is 0 Å². The van der Waals surface area contributed by atoms with E-state index < -0.39 is 5.97 Å². The lowest BCUT2D eigenvalue weighted by molar-refractivity contribution is 0.0697. The number of pyridine rings is 1. The third kappa shape index (κ3) is 5.05. The minimum atomic E-state index is -1.06. The number of carboxylic acid groups (broad SMARTS) is 1. The predicted octanol–water partition coefficient (Wildman–Crippen LogP) is 3.76. The van der Waals surface area contributed by atoms with Gasteiger partial charge in [0.25, 0.3) is 0 Å². The highest BCUT2D eigenvalue weighted by molar-refractivity contribution is 5.93. The summed E-state index contributed by atoms with van der Waals surface area (Å²) in [6.07, 6.45) is 6.62. The van der Waals surface area contributed by atoms with Gasteiger partial charge in [-0.05, 0) is 44.0 Å². The summed E-state index contributed by atoms with van der Waals surface area (Å²) in [6, 6.07) is 10.7. The van der Waals surface area contributed by atoms with Gasteiger partial charge in [-0.3, -0.25) is 4.98 Å². The second-order valence-electron chi connectivity index (χ2n) is 7.30. The molecule has 166 valence electrons. The Morgan fingerprint density at radius 1 is 1.22 bits per heavy atom. The molecule has 9 heteroatoms. The van der Waals surface area contributed by atoms with Crippen LogP contribution < -0.4 is 19.7 Å². The van der Waals surface area contributed by atoms with Crippen LogP contribution in [0.1, 0.15) is 30.1 Å². The van der Waals surface area contributed by atoms with Crippen molar-refractivity contribution in [3.63, 3.8) is 0 Å². The van der Waals surface area contributed by atoms with Crippen LogP contribution in [0.4, 0.5) is 17.5 Å². The minimum Gasteiger partial charge on any atom is -0.490 e. The summed E-state index contributed by atoms with van der Waals surface area (Å²) < 4.78 is 11.9. The van der Waals surface area contributed by atoms with Crippen molar-refractivity contribution in [1.82, 2.24) is 15.0 Å². The molecule has 1 aliphatic rings. The maximum Gasteiger partial charge on any atom is 0.339 e. The Labute approximate surface area is 186 Å². The van der Waals surface area contributed by atoms with Gasteiger partial charge in [0.05, 0.1) is 25.5 Å². The summed E-state index contributed by atoms with van der Waals surface area (Å²) in [5.74, 6) is 1.75. The number of aromatic carboxylic acids is 1. The molecule has 0 amide bonds. The molecule has 0 saturated carbocycles. The molecule has 1 fully saturated rings. The van der Waals surface area contributed by atoms with Crippen molar-refractivity contribution >= 4 is 23.4 Å². The van der Waals surface area contributed by atoms with Crippen LogP contribution in [0, 0.1) is 0 Å². The molecule has 1 aliphatic heterocycles. The summed E-state index contributed by atoms with van der Waals surface area (Å²) in [7, 11) is 0. The summed E-state index contributed by atoms with van der Waals surface area (Å²) in [4.78, 5) is 26.6. The molecular formula is C23H25N5O4. The van der Waals surface area contributed by atoms with E-state index in [2.05, 4.69) is 25.2 Å². The Morgan fingerprint density at radius 3 is 2.88 bits per heavy atom. The van der Waals surface area contributed by atoms with E-state index in [1.54, 1.807) is 18.5 Å². The fraction of sp³-hybridized carbons (Fsp3) is 0.304. The Bertz CT molecular complexity index is 1080. The molecule has 32 heavy (non-hydrogen) atoms. The van der Waals surface area contributed by atoms with Gasteiger partial charge in [0, 0.05) is 12.7 Å². The Hall–Kier alpha value is -3.88. The largest absolute Gasteiger partial charge is 0.490 e. The molecule has 1 atom stereocenters. The molecule has 0 bridgehead atoms. The number of nitrogens with one attached hydrogen (secondary N) is 1. The lowest BCUT2D eigenvalue weighted by Gasteiger charge is -2.33. The van der Waals surface area contributed by atoms with Crippen LogP contribution >= 0.6 is 0 Å². The highest BCUT2D eigenvalue weighted by Crippen LogP contribution is 2.30. The Kier molecular flexibility index (Phi) is 6.64. The summed E-state index contributed by atoms with van der Waals surface area (Å²) in [5, 5.41) is 12.3. The SMILES string of the molecule is CCOc1ccccc1O[C@@H]1CCCN(c2cncc(Nc3ncccc3C(=O)O)n2)C1. The number of nitrogens with zero attached hydrogens (tertiary/aromatic N) is 4. The molecule has 0 unspecified atom stereocenters. The van der Waals surface area contributed by atoms with E-state index in [4.69, 9.17) is 9.47 Å². The minimum absolute atomic E-state index is 0.0156. The highest BCUT2D eigenvalue weighted by Gasteiger charge is 2.24. The lowest BCUT2D eigenvalue weighted by atomic mass is 10.1. The zero-order valence-corrected chi connectivity index (χ0v) is 17.8. The Balaban J connectivity index is 1.47. The van der Waals surface area contributed by atoms with Crippen molar-refractivity contribution in [2.24, 2.45) is 0 Å². The van der Waals surface area contributed by atoms with E-state index in [0.29, 0.717) is 24.8 Å². The Morgan fingerprint density at radius 2 is 2.06 bits per heavy atom.